The van der Waals surface area contributed by atoms with Crippen LogP contribution in [0.1, 0.15) is 12.8 Å². The standard InChI is InChI=1S/C19H28N4O3S/c1-22(19(27)20-13-17-3-2-10-26-17)14-18(24)21-15-4-6-16(7-5-15)23-8-11-25-12-9-23/h4-7,17H,2-3,8-14H2,1H3,(H,20,27)(H,21,24)/t17-/m0/s1. The number of likely N-dealkylation sites (N-methyl/N-ethyl adjacent to an activating group) is 1. The normalized spacial score (nSPS) is 19.6. The third kappa shape index (κ3) is 6.05. The number of thiocarbonyl (C=S) groups is 1. The lowest BCUT2D eigenvalue weighted by Gasteiger charge is -2.29. The predicted molar refractivity (Wildman–Crippen MR) is 110 cm³/mol. The maximum Gasteiger partial charge on any atom is 0.243 e. The fourth-order valence-corrected chi connectivity index (χ4v) is 3.35. The molecule has 2 saturated heterocycles. The number of morpholine rings is 1. The highest BCUT2D eigenvalue weighted by Gasteiger charge is 2.17. The van der Waals surface area contributed by atoms with Gasteiger partial charge >= 0.3 is 0 Å². The molecule has 0 aromatic heterocycles. The molecule has 2 aliphatic rings. The first-order valence-electron chi connectivity index (χ1n) is 9.45. The van der Waals surface area contributed by atoms with Gasteiger partial charge in [0.15, 0.2) is 5.11 Å². The van der Waals surface area contributed by atoms with E-state index in [2.05, 4.69) is 15.5 Å². The number of nitrogens with zero attached hydrogens (tertiary/aromatic N) is 2. The summed E-state index contributed by atoms with van der Waals surface area (Å²) in [6, 6.07) is 7.91. The Hall–Kier alpha value is -1.90. The largest absolute Gasteiger partial charge is 0.378 e. The second-order valence-electron chi connectivity index (χ2n) is 6.87. The number of ether oxygens (including phenoxy) is 2. The summed E-state index contributed by atoms with van der Waals surface area (Å²) >= 11 is 5.35. The number of anilines is 2. The molecule has 1 amide bonds. The molecule has 0 unspecified atom stereocenters. The highest BCUT2D eigenvalue weighted by atomic mass is 32.1. The lowest BCUT2D eigenvalue weighted by molar-refractivity contribution is -0.116. The van der Waals surface area contributed by atoms with E-state index in [4.69, 9.17) is 21.7 Å². The smallest absolute Gasteiger partial charge is 0.243 e. The van der Waals surface area contributed by atoms with Gasteiger partial charge in [0.2, 0.25) is 5.91 Å². The van der Waals surface area contributed by atoms with Gasteiger partial charge in [-0.1, -0.05) is 0 Å². The Bertz CT molecular complexity index is 628. The molecule has 1 atom stereocenters. The number of nitrogens with one attached hydrogen (secondary N) is 2. The van der Waals surface area contributed by atoms with Crippen molar-refractivity contribution >= 4 is 34.6 Å². The summed E-state index contributed by atoms with van der Waals surface area (Å²) in [5, 5.41) is 6.65. The summed E-state index contributed by atoms with van der Waals surface area (Å²) in [6.45, 7) is 5.01. The van der Waals surface area contributed by atoms with E-state index in [1.807, 2.05) is 31.3 Å². The van der Waals surface area contributed by atoms with Crippen molar-refractivity contribution in [3.05, 3.63) is 24.3 Å². The minimum Gasteiger partial charge on any atom is -0.378 e. The molecular formula is C19H28N4O3S. The second kappa shape index (κ2) is 9.87. The van der Waals surface area contributed by atoms with E-state index < -0.39 is 0 Å². The van der Waals surface area contributed by atoms with E-state index >= 15 is 0 Å². The van der Waals surface area contributed by atoms with Crippen LogP contribution in [-0.4, -0.2) is 75.1 Å². The van der Waals surface area contributed by atoms with Crippen LogP contribution in [0.25, 0.3) is 0 Å². The van der Waals surface area contributed by atoms with Crippen molar-refractivity contribution in [2.75, 3.05) is 63.3 Å². The molecular weight excluding hydrogens is 364 g/mol. The van der Waals surface area contributed by atoms with Gasteiger partial charge < -0.3 is 29.9 Å². The zero-order chi connectivity index (χ0) is 19.1. The highest BCUT2D eigenvalue weighted by Crippen LogP contribution is 2.19. The van der Waals surface area contributed by atoms with Crippen molar-refractivity contribution < 1.29 is 14.3 Å². The quantitative estimate of drug-likeness (QED) is 0.711. The summed E-state index contributed by atoms with van der Waals surface area (Å²) in [5.74, 6) is -0.0992. The molecule has 27 heavy (non-hydrogen) atoms. The van der Waals surface area contributed by atoms with Crippen LogP contribution >= 0.6 is 12.2 Å². The molecule has 7 nitrogen and oxygen atoms in total. The number of carbonyl (C=O) groups excluding carboxylic acids is 1. The maximum atomic E-state index is 12.3. The minimum atomic E-state index is -0.0992. The third-order valence-electron chi connectivity index (χ3n) is 4.76. The van der Waals surface area contributed by atoms with Crippen molar-refractivity contribution in [1.29, 1.82) is 0 Å². The molecule has 148 valence electrons. The molecule has 0 saturated carbocycles. The lowest BCUT2D eigenvalue weighted by atomic mass is 10.2. The van der Waals surface area contributed by atoms with Crippen LogP contribution in [-0.2, 0) is 14.3 Å². The van der Waals surface area contributed by atoms with E-state index in [1.54, 1.807) is 4.90 Å². The zero-order valence-corrected chi connectivity index (χ0v) is 16.6. The first-order chi connectivity index (χ1) is 13.1. The number of amides is 1. The van der Waals surface area contributed by atoms with Gasteiger partial charge in [0, 0.05) is 44.7 Å². The Balaban J connectivity index is 1.41. The van der Waals surface area contributed by atoms with Crippen LogP contribution in [0.3, 0.4) is 0 Å². The van der Waals surface area contributed by atoms with Crippen LogP contribution < -0.4 is 15.5 Å². The summed E-state index contributed by atoms with van der Waals surface area (Å²) in [4.78, 5) is 16.3. The van der Waals surface area contributed by atoms with Gasteiger partial charge in [-0.15, -0.1) is 0 Å². The molecule has 0 bridgehead atoms. The Morgan fingerprint density at radius 1 is 1.26 bits per heavy atom. The van der Waals surface area contributed by atoms with Crippen LogP contribution in [0.4, 0.5) is 11.4 Å². The first kappa shape index (κ1) is 19.9. The molecule has 1 aromatic carbocycles. The van der Waals surface area contributed by atoms with Crippen molar-refractivity contribution in [3.63, 3.8) is 0 Å². The minimum absolute atomic E-state index is 0.0992. The highest BCUT2D eigenvalue weighted by molar-refractivity contribution is 7.80. The van der Waals surface area contributed by atoms with Gasteiger partial charge in [-0.25, -0.2) is 0 Å². The molecule has 8 heteroatoms. The van der Waals surface area contributed by atoms with Gasteiger partial charge in [-0.3, -0.25) is 4.79 Å². The molecule has 1 aromatic rings. The Kier molecular flexibility index (Phi) is 7.25. The van der Waals surface area contributed by atoms with E-state index in [9.17, 15) is 4.79 Å². The van der Waals surface area contributed by atoms with E-state index in [0.717, 1.165) is 57.1 Å². The van der Waals surface area contributed by atoms with Crippen LogP contribution in [0.5, 0.6) is 0 Å². The SMILES string of the molecule is CN(CC(=O)Nc1ccc(N2CCOCC2)cc1)C(=S)NC[C@@H]1CCCO1. The number of carbonyl (C=O) groups is 1. The topological polar surface area (TPSA) is 66.1 Å². The van der Waals surface area contributed by atoms with Gasteiger partial charge in [-0.2, -0.15) is 0 Å². The summed E-state index contributed by atoms with van der Waals surface area (Å²) in [7, 11) is 1.81. The van der Waals surface area contributed by atoms with Crippen molar-refractivity contribution in [2.24, 2.45) is 0 Å². The first-order valence-corrected chi connectivity index (χ1v) is 9.86. The maximum absolute atomic E-state index is 12.3. The predicted octanol–water partition coefficient (Wildman–Crippen LogP) is 1.45. The van der Waals surface area contributed by atoms with E-state index in [1.165, 1.54) is 0 Å². The van der Waals surface area contributed by atoms with E-state index in [0.29, 0.717) is 11.7 Å². The summed E-state index contributed by atoms with van der Waals surface area (Å²) < 4.78 is 10.9. The fraction of sp³-hybridized carbons (Fsp3) is 0.579. The molecule has 3 rings (SSSR count). The average Bonchev–Trinajstić information content (AvgIpc) is 3.21. The molecule has 2 aliphatic heterocycles. The van der Waals surface area contributed by atoms with Crippen LogP contribution in [0.15, 0.2) is 24.3 Å². The molecule has 0 radical (unpaired) electrons. The molecule has 2 fully saturated rings. The fourth-order valence-electron chi connectivity index (χ4n) is 3.21. The molecule has 0 aliphatic carbocycles. The van der Waals surface area contributed by atoms with E-state index in [-0.39, 0.29) is 18.6 Å². The number of hydrogen-bond donors (Lipinski definition) is 2. The van der Waals surface area contributed by atoms with Gasteiger partial charge in [0.1, 0.15) is 0 Å². The number of benzene rings is 1. The Morgan fingerprint density at radius 3 is 2.67 bits per heavy atom. The van der Waals surface area contributed by atoms with Crippen LogP contribution in [0, 0.1) is 0 Å². The van der Waals surface area contributed by atoms with Crippen LogP contribution in [0.2, 0.25) is 0 Å². The third-order valence-corrected chi connectivity index (χ3v) is 5.22. The van der Waals surface area contributed by atoms with Gasteiger partial charge in [0.25, 0.3) is 0 Å². The average molecular weight is 393 g/mol. The molecule has 2 N–H and O–H groups in total. The van der Waals surface area contributed by atoms with Gasteiger partial charge in [-0.05, 0) is 49.3 Å². The van der Waals surface area contributed by atoms with Crippen molar-refractivity contribution in [2.45, 2.75) is 18.9 Å². The Morgan fingerprint density at radius 2 is 2.00 bits per heavy atom. The number of hydrogen-bond acceptors (Lipinski definition) is 5. The summed E-state index contributed by atoms with van der Waals surface area (Å²) in [6.07, 6.45) is 2.37. The van der Waals surface area contributed by atoms with Gasteiger partial charge in [0.05, 0.1) is 25.9 Å². The van der Waals surface area contributed by atoms with Crippen molar-refractivity contribution in [3.8, 4) is 0 Å². The Labute approximate surface area is 166 Å². The van der Waals surface area contributed by atoms with Crippen molar-refractivity contribution in [1.82, 2.24) is 10.2 Å². The second-order valence-corrected chi connectivity index (χ2v) is 7.26. The summed E-state index contributed by atoms with van der Waals surface area (Å²) in [5.41, 5.74) is 1.93. The monoisotopic (exact) mass is 392 g/mol. The molecule has 0 spiro atoms. The zero-order valence-electron chi connectivity index (χ0n) is 15.8. The number of rotatable bonds is 6. The lowest BCUT2D eigenvalue weighted by Crippen LogP contribution is -2.43. The molecule has 2 heterocycles.